The second kappa shape index (κ2) is 8.81. The number of amides is 2. The van der Waals surface area contributed by atoms with Crippen LogP contribution in [0.15, 0.2) is 59.8 Å². The predicted octanol–water partition coefficient (Wildman–Crippen LogP) is 4.28. The minimum absolute atomic E-state index is 0.0592. The number of methoxy groups -OCH3 is 1. The highest BCUT2D eigenvalue weighted by Gasteiger charge is 2.41. The number of nitrogens with one attached hydrogen (secondary N) is 1. The number of halogens is 4. The molecule has 1 heterocycles. The quantitative estimate of drug-likeness (QED) is 0.557. The van der Waals surface area contributed by atoms with Gasteiger partial charge in [-0.2, -0.15) is 13.2 Å². The Hall–Kier alpha value is -3.69. The summed E-state index contributed by atoms with van der Waals surface area (Å²) in [4.78, 5) is 39.4. The van der Waals surface area contributed by atoms with E-state index in [9.17, 15) is 31.9 Å². The number of carbonyl (C=O) groups is 3. The Bertz CT molecular complexity index is 1090. The average Bonchev–Trinajstić information content (AvgIpc) is 2.73. The van der Waals surface area contributed by atoms with Crippen molar-refractivity contribution in [3.8, 4) is 0 Å². The summed E-state index contributed by atoms with van der Waals surface area (Å²) in [7, 11) is 1.08. The second-order valence-corrected chi connectivity index (χ2v) is 6.99. The van der Waals surface area contributed by atoms with Gasteiger partial charge in [-0.25, -0.2) is 9.18 Å². The van der Waals surface area contributed by atoms with E-state index in [2.05, 4.69) is 5.32 Å². The highest BCUT2D eigenvalue weighted by molar-refractivity contribution is 6.10. The van der Waals surface area contributed by atoms with Crippen molar-refractivity contribution in [3.63, 3.8) is 0 Å². The maximum atomic E-state index is 13.3. The molecule has 1 atom stereocenters. The van der Waals surface area contributed by atoms with Gasteiger partial charge in [0, 0.05) is 17.8 Å². The molecule has 0 saturated carbocycles. The topological polar surface area (TPSA) is 75.7 Å². The summed E-state index contributed by atoms with van der Waals surface area (Å²) in [6.07, 6.45) is -5.22. The van der Waals surface area contributed by atoms with Gasteiger partial charge in [0.2, 0.25) is 11.8 Å². The predicted molar refractivity (Wildman–Crippen MR) is 107 cm³/mol. The molecule has 2 amide bonds. The van der Waals surface area contributed by atoms with Crippen LogP contribution in [-0.4, -0.2) is 24.9 Å². The van der Waals surface area contributed by atoms with Gasteiger partial charge in [0.05, 0.1) is 29.9 Å². The van der Waals surface area contributed by atoms with Crippen LogP contribution in [0.5, 0.6) is 0 Å². The van der Waals surface area contributed by atoms with Crippen molar-refractivity contribution in [1.82, 2.24) is 0 Å². The molecule has 0 radical (unpaired) electrons. The Kier molecular flexibility index (Phi) is 6.33. The molecule has 0 bridgehead atoms. The molecule has 0 saturated heterocycles. The summed E-state index contributed by atoms with van der Waals surface area (Å²) in [5.41, 5.74) is -1.43. The van der Waals surface area contributed by atoms with Gasteiger partial charge in [-0.15, -0.1) is 0 Å². The SMILES string of the molecule is COC(=O)C1=C(C)N(c2ccc(F)cc2)C(=O)C[C@H]1C(=O)Nc1ccccc1C(F)(F)F. The second-order valence-electron chi connectivity index (χ2n) is 6.99. The first-order valence-corrected chi connectivity index (χ1v) is 9.39. The molecule has 0 spiro atoms. The number of alkyl halides is 3. The number of hydrogen-bond acceptors (Lipinski definition) is 4. The molecule has 6 nitrogen and oxygen atoms in total. The van der Waals surface area contributed by atoms with E-state index in [0.717, 1.165) is 36.3 Å². The normalized spacial score (nSPS) is 16.8. The number of esters is 1. The lowest BCUT2D eigenvalue weighted by Gasteiger charge is -2.33. The van der Waals surface area contributed by atoms with Crippen LogP contribution in [0.25, 0.3) is 0 Å². The molecule has 3 rings (SSSR count). The van der Waals surface area contributed by atoms with E-state index in [1.54, 1.807) is 0 Å². The monoisotopic (exact) mass is 450 g/mol. The lowest BCUT2D eigenvalue weighted by atomic mass is 9.88. The number of rotatable bonds is 4. The fourth-order valence-electron chi connectivity index (χ4n) is 3.54. The van der Waals surface area contributed by atoms with Crippen LogP contribution in [0.3, 0.4) is 0 Å². The zero-order valence-corrected chi connectivity index (χ0v) is 17.0. The first kappa shape index (κ1) is 23.0. The Morgan fingerprint density at radius 3 is 2.31 bits per heavy atom. The van der Waals surface area contributed by atoms with Gasteiger partial charge in [0.1, 0.15) is 5.82 Å². The Balaban J connectivity index is 2.01. The summed E-state index contributed by atoms with van der Waals surface area (Å²) < 4.78 is 57.8. The minimum Gasteiger partial charge on any atom is -0.466 e. The third kappa shape index (κ3) is 4.48. The van der Waals surface area contributed by atoms with Crippen LogP contribution in [0.2, 0.25) is 0 Å². The zero-order valence-electron chi connectivity index (χ0n) is 17.0. The van der Waals surface area contributed by atoms with Crippen LogP contribution in [0.4, 0.5) is 28.9 Å². The lowest BCUT2D eigenvalue weighted by Crippen LogP contribution is -2.43. The van der Waals surface area contributed by atoms with E-state index in [1.165, 1.54) is 31.2 Å². The first-order valence-electron chi connectivity index (χ1n) is 9.39. The zero-order chi connectivity index (χ0) is 23.6. The van der Waals surface area contributed by atoms with Crippen molar-refractivity contribution >= 4 is 29.2 Å². The maximum Gasteiger partial charge on any atom is 0.418 e. The van der Waals surface area contributed by atoms with Crippen molar-refractivity contribution in [3.05, 3.63) is 71.2 Å². The Morgan fingerprint density at radius 1 is 1.09 bits per heavy atom. The largest absolute Gasteiger partial charge is 0.466 e. The van der Waals surface area contributed by atoms with Gasteiger partial charge in [0.25, 0.3) is 0 Å². The number of carbonyl (C=O) groups excluding carboxylic acids is 3. The number of nitrogens with zero attached hydrogens (tertiary/aromatic N) is 1. The van der Waals surface area contributed by atoms with Crippen molar-refractivity contribution in [1.29, 1.82) is 0 Å². The first-order chi connectivity index (χ1) is 15.0. The van der Waals surface area contributed by atoms with Crippen LogP contribution in [-0.2, 0) is 25.3 Å². The summed E-state index contributed by atoms with van der Waals surface area (Å²) in [6.45, 7) is 1.40. The average molecular weight is 450 g/mol. The van der Waals surface area contributed by atoms with Gasteiger partial charge >= 0.3 is 12.1 Å². The van der Waals surface area contributed by atoms with E-state index >= 15 is 0 Å². The third-order valence-corrected chi connectivity index (χ3v) is 5.00. The smallest absolute Gasteiger partial charge is 0.418 e. The fraction of sp³-hybridized carbons (Fsp3) is 0.227. The molecular formula is C22H18F4N2O4. The van der Waals surface area contributed by atoms with Crippen LogP contribution < -0.4 is 10.2 Å². The van der Waals surface area contributed by atoms with Crippen molar-refractivity contribution in [2.24, 2.45) is 5.92 Å². The molecule has 0 unspecified atom stereocenters. The number of anilines is 2. The van der Waals surface area contributed by atoms with Gasteiger partial charge in [-0.1, -0.05) is 12.1 Å². The van der Waals surface area contributed by atoms with Gasteiger partial charge in [-0.3, -0.25) is 14.5 Å². The van der Waals surface area contributed by atoms with Gasteiger partial charge < -0.3 is 10.1 Å². The highest BCUT2D eigenvalue weighted by atomic mass is 19.4. The molecule has 32 heavy (non-hydrogen) atoms. The molecule has 0 aliphatic carbocycles. The number of allylic oxidation sites excluding steroid dienone is 1. The molecule has 168 valence electrons. The van der Waals surface area contributed by atoms with Crippen molar-refractivity contribution < 1.29 is 36.7 Å². The molecule has 1 N–H and O–H groups in total. The highest BCUT2D eigenvalue weighted by Crippen LogP contribution is 2.37. The third-order valence-electron chi connectivity index (χ3n) is 5.00. The molecule has 2 aromatic carbocycles. The number of hydrogen-bond donors (Lipinski definition) is 1. The Labute approximate surface area is 180 Å². The molecule has 0 fully saturated rings. The summed E-state index contributed by atoms with van der Waals surface area (Å²) >= 11 is 0. The molecule has 0 aromatic heterocycles. The van der Waals surface area contributed by atoms with Crippen molar-refractivity contribution in [2.75, 3.05) is 17.3 Å². The van der Waals surface area contributed by atoms with Crippen LogP contribution >= 0.6 is 0 Å². The van der Waals surface area contributed by atoms with Gasteiger partial charge in [-0.05, 0) is 43.3 Å². The molecule has 1 aliphatic rings. The number of para-hydroxylation sites is 1. The van der Waals surface area contributed by atoms with Crippen molar-refractivity contribution in [2.45, 2.75) is 19.5 Å². The maximum absolute atomic E-state index is 13.3. The standard InChI is InChI=1S/C22H18F4N2O4/c1-12-19(21(31)32-2)15(11-18(29)28(12)14-9-7-13(23)8-10-14)20(30)27-17-6-4-3-5-16(17)22(24,25)26/h3-10,15H,11H2,1-2H3,(H,27,30)/t15-/m1/s1. The molecule has 10 heteroatoms. The Morgan fingerprint density at radius 2 is 1.72 bits per heavy atom. The molecule has 1 aliphatic heterocycles. The summed E-state index contributed by atoms with van der Waals surface area (Å²) in [6, 6.07) is 9.27. The fourth-order valence-corrected chi connectivity index (χ4v) is 3.54. The number of ether oxygens (including phenoxy) is 1. The van der Waals surface area contributed by atoms with E-state index in [-0.39, 0.29) is 17.0 Å². The van der Waals surface area contributed by atoms with E-state index in [4.69, 9.17) is 4.74 Å². The van der Waals surface area contributed by atoms with Gasteiger partial charge in [0.15, 0.2) is 0 Å². The van der Waals surface area contributed by atoms with Crippen LogP contribution in [0.1, 0.15) is 18.9 Å². The summed E-state index contributed by atoms with van der Waals surface area (Å²) in [5, 5.41) is 2.18. The molecule has 2 aromatic rings. The molecular weight excluding hydrogens is 432 g/mol. The van der Waals surface area contributed by atoms with E-state index in [0.29, 0.717) is 0 Å². The van der Waals surface area contributed by atoms with E-state index < -0.39 is 53.4 Å². The lowest BCUT2D eigenvalue weighted by molar-refractivity contribution is -0.139. The van der Waals surface area contributed by atoms with Crippen LogP contribution in [0, 0.1) is 11.7 Å². The van der Waals surface area contributed by atoms with E-state index in [1.807, 2.05) is 0 Å². The number of benzene rings is 2. The minimum atomic E-state index is -4.72. The summed E-state index contributed by atoms with van der Waals surface area (Å²) in [5.74, 6) is -4.38.